The SMILES string of the molecule is Cc1cn([C@H]2C[C@H](OC(=O)c3ccccc3)[C@@H](COC(=O)c3ccccc3)O2)c(=S)[nH]c1=O. The molecule has 0 amide bonds. The molecule has 3 atom stereocenters. The third-order valence-electron chi connectivity index (χ3n) is 5.29. The van der Waals surface area contributed by atoms with Crippen molar-refractivity contribution in [1.29, 1.82) is 0 Å². The Morgan fingerprint density at radius 1 is 1.06 bits per heavy atom. The van der Waals surface area contributed by atoms with Crippen LogP contribution in [-0.4, -0.2) is 40.3 Å². The van der Waals surface area contributed by atoms with Crippen LogP contribution in [0.2, 0.25) is 0 Å². The number of nitrogens with one attached hydrogen (secondary N) is 1. The molecule has 170 valence electrons. The number of aromatic nitrogens is 2. The standard InChI is InChI=1S/C24H22N2O6S/c1-15-13-26(24(33)25-21(15)27)20-12-18(32-23(29)17-10-6-3-7-11-17)19(31-20)14-30-22(28)16-8-4-2-5-9-16/h2-11,13,18-20H,12,14H2,1H3,(H,25,27,33)/t18-,19+,20+/m0/s1. The van der Waals surface area contributed by atoms with E-state index in [1.165, 1.54) is 0 Å². The highest BCUT2D eigenvalue weighted by Crippen LogP contribution is 2.32. The highest BCUT2D eigenvalue weighted by atomic mass is 32.1. The van der Waals surface area contributed by atoms with Crippen LogP contribution in [0, 0.1) is 11.7 Å². The fourth-order valence-electron chi connectivity index (χ4n) is 3.54. The summed E-state index contributed by atoms with van der Waals surface area (Å²) in [5.41, 5.74) is 0.986. The van der Waals surface area contributed by atoms with E-state index in [2.05, 4.69) is 4.98 Å². The molecule has 0 radical (unpaired) electrons. The Bertz CT molecular complexity index is 1260. The van der Waals surface area contributed by atoms with E-state index >= 15 is 0 Å². The molecular formula is C24H22N2O6S. The first-order valence-electron chi connectivity index (χ1n) is 10.4. The number of rotatable bonds is 6. The smallest absolute Gasteiger partial charge is 0.338 e. The Hall–Kier alpha value is -3.56. The molecule has 1 N–H and O–H groups in total. The molecule has 4 rings (SSSR count). The Labute approximate surface area is 194 Å². The fourth-order valence-corrected chi connectivity index (χ4v) is 3.80. The van der Waals surface area contributed by atoms with Gasteiger partial charge in [-0.25, -0.2) is 9.59 Å². The van der Waals surface area contributed by atoms with Gasteiger partial charge in [-0.2, -0.15) is 0 Å². The zero-order valence-electron chi connectivity index (χ0n) is 17.8. The summed E-state index contributed by atoms with van der Waals surface area (Å²) in [4.78, 5) is 39.5. The quantitative estimate of drug-likeness (QED) is 0.438. The number of esters is 2. The third kappa shape index (κ3) is 5.27. The van der Waals surface area contributed by atoms with Gasteiger partial charge < -0.3 is 14.2 Å². The summed E-state index contributed by atoms with van der Waals surface area (Å²) in [6, 6.07) is 17.2. The molecule has 9 heteroatoms. The molecule has 0 aliphatic carbocycles. The lowest BCUT2D eigenvalue weighted by Crippen LogP contribution is -2.32. The van der Waals surface area contributed by atoms with Gasteiger partial charge in [-0.1, -0.05) is 36.4 Å². The van der Waals surface area contributed by atoms with E-state index < -0.39 is 30.4 Å². The zero-order chi connectivity index (χ0) is 23.4. The van der Waals surface area contributed by atoms with E-state index in [0.29, 0.717) is 16.7 Å². The number of aryl methyl sites for hydroxylation is 1. The maximum Gasteiger partial charge on any atom is 0.338 e. The van der Waals surface area contributed by atoms with Crippen molar-refractivity contribution in [1.82, 2.24) is 9.55 Å². The summed E-state index contributed by atoms with van der Waals surface area (Å²) in [7, 11) is 0. The molecule has 0 saturated carbocycles. The molecule has 1 aliphatic heterocycles. The van der Waals surface area contributed by atoms with E-state index in [1.54, 1.807) is 78.4 Å². The largest absolute Gasteiger partial charge is 0.459 e. The Balaban J connectivity index is 1.53. The number of aromatic amines is 1. The van der Waals surface area contributed by atoms with Crippen molar-refractivity contribution in [3.05, 3.63) is 98.7 Å². The lowest BCUT2D eigenvalue weighted by Gasteiger charge is -2.19. The van der Waals surface area contributed by atoms with Crippen LogP contribution in [0.1, 0.15) is 38.9 Å². The second-order valence-electron chi connectivity index (χ2n) is 7.62. The molecule has 1 aliphatic rings. The monoisotopic (exact) mass is 466 g/mol. The number of ether oxygens (including phenoxy) is 3. The number of nitrogens with zero attached hydrogens (tertiary/aromatic N) is 1. The lowest BCUT2D eigenvalue weighted by atomic mass is 10.1. The summed E-state index contributed by atoms with van der Waals surface area (Å²) in [6.45, 7) is 1.54. The van der Waals surface area contributed by atoms with Gasteiger partial charge in [-0.05, 0) is 43.4 Å². The Morgan fingerprint density at radius 2 is 1.67 bits per heavy atom. The molecule has 1 saturated heterocycles. The van der Waals surface area contributed by atoms with Gasteiger partial charge in [0.05, 0.1) is 11.1 Å². The second-order valence-corrected chi connectivity index (χ2v) is 8.00. The van der Waals surface area contributed by atoms with Crippen molar-refractivity contribution < 1.29 is 23.8 Å². The molecule has 0 bridgehead atoms. The van der Waals surface area contributed by atoms with Crippen molar-refractivity contribution in [2.24, 2.45) is 0 Å². The summed E-state index contributed by atoms with van der Waals surface area (Å²) in [6.07, 6.45) is -0.154. The molecular weight excluding hydrogens is 444 g/mol. The number of H-pyrrole nitrogens is 1. The van der Waals surface area contributed by atoms with Gasteiger partial charge in [0.25, 0.3) is 5.56 Å². The minimum Gasteiger partial charge on any atom is -0.459 e. The fraction of sp³-hybridized carbons (Fsp3) is 0.250. The number of carbonyl (C=O) groups is 2. The molecule has 3 aromatic rings. The average Bonchev–Trinajstić information content (AvgIpc) is 3.23. The molecule has 1 aromatic heterocycles. The summed E-state index contributed by atoms with van der Waals surface area (Å²) >= 11 is 5.28. The van der Waals surface area contributed by atoms with E-state index in [1.807, 2.05) is 0 Å². The summed E-state index contributed by atoms with van der Waals surface area (Å²) in [5, 5.41) is 0. The molecule has 0 spiro atoms. The Kier molecular flexibility index (Phi) is 6.81. The normalized spacial score (nSPS) is 19.7. The lowest BCUT2D eigenvalue weighted by molar-refractivity contribution is -0.0578. The molecule has 2 aromatic carbocycles. The first-order valence-corrected chi connectivity index (χ1v) is 10.8. The molecule has 2 heterocycles. The minimum atomic E-state index is -0.718. The van der Waals surface area contributed by atoms with Gasteiger partial charge in [-0.15, -0.1) is 0 Å². The summed E-state index contributed by atoms with van der Waals surface area (Å²) < 4.78 is 19.0. The first-order chi connectivity index (χ1) is 15.9. The van der Waals surface area contributed by atoms with Gasteiger partial charge in [0.2, 0.25) is 0 Å². The second kappa shape index (κ2) is 9.93. The van der Waals surface area contributed by atoms with Crippen molar-refractivity contribution in [2.75, 3.05) is 6.61 Å². The third-order valence-corrected chi connectivity index (χ3v) is 5.61. The predicted octanol–water partition coefficient (Wildman–Crippen LogP) is 3.58. The van der Waals surface area contributed by atoms with E-state index in [-0.39, 0.29) is 23.4 Å². The van der Waals surface area contributed by atoms with Crippen LogP contribution in [0.3, 0.4) is 0 Å². The van der Waals surface area contributed by atoms with Crippen LogP contribution in [0.25, 0.3) is 0 Å². The number of hydrogen-bond acceptors (Lipinski definition) is 7. The van der Waals surface area contributed by atoms with Gasteiger partial charge in [0, 0.05) is 18.2 Å². The molecule has 33 heavy (non-hydrogen) atoms. The first kappa shape index (κ1) is 22.6. The molecule has 1 fully saturated rings. The van der Waals surface area contributed by atoms with Crippen LogP contribution in [-0.2, 0) is 14.2 Å². The van der Waals surface area contributed by atoms with E-state index in [9.17, 15) is 14.4 Å². The van der Waals surface area contributed by atoms with Crippen molar-refractivity contribution in [3.63, 3.8) is 0 Å². The van der Waals surface area contributed by atoms with E-state index in [0.717, 1.165) is 0 Å². The number of hydrogen-bond donors (Lipinski definition) is 1. The van der Waals surface area contributed by atoms with Crippen molar-refractivity contribution in [2.45, 2.75) is 31.8 Å². The van der Waals surface area contributed by atoms with Gasteiger partial charge in [-0.3, -0.25) is 14.3 Å². The van der Waals surface area contributed by atoms with Crippen molar-refractivity contribution >= 4 is 24.2 Å². The highest BCUT2D eigenvalue weighted by molar-refractivity contribution is 7.71. The number of carbonyl (C=O) groups excluding carboxylic acids is 2. The minimum absolute atomic E-state index is 0.118. The Morgan fingerprint density at radius 3 is 2.30 bits per heavy atom. The van der Waals surface area contributed by atoms with Crippen LogP contribution >= 0.6 is 12.2 Å². The molecule has 8 nitrogen and oxygen atoms in total. The topological polar surface area (TPSA) is 99.6 Å². The average molecular weight is 467 g/mol. The van der Waals surface area contributed by atoms with E-state index in [4.69, 9.17) is 26.4 Å². The van der Waals surface area contributed by atoms with Gasteiger partial charge in [0.15, 0.2) is 4.77 Å². The van der Waals surface area contributed by atoms with Gasteiger partial charge >= 0.3 is 11.9 Å². The number of benzene rings is 2. The van der Waals surface area contributed by atoms with Crippen LogP contribution < -0.4 is 5.56 Å². The van der Waals surface area contributed by atoms with Crippen LogP contribution in [0.15, 0.2) is 71.7 Å². The summed E-state index contributed by atoms with van der Waals surface area (Å²) in [5.74, 6) is -1.02. The van der Waals surface area contributed by atoms with Crippen LogP contribution in [0.5, 0.6) is 0 Å². The highest BCUT2D eigenvalue weighted by Gasteiger charge is 2.40. The predicted molar refractivity (Wildman–Crippen MR) is 122 cm³/mol. The maximum atomic E-state index is 12.7. The zero-order valence-corrected chi connectivity index (χ0v) is 18.6. The molecule has 0 unspecified atom stereocenters. The van der Waals surface area contributed by atoms with Gasteiger partial charge in [0.1, 0.15) is 25.0 Å². The van der Waals surface area contributed by atoms with Crippen molar-refractivity contribution in [3.8, 4) is 0 Å². The van der Waals surface area contributed by atoms with Crippen LogP contribution in [0.4, 0.5) is 0 Å². The maximum absolute atomic E-state index is 12.7.